The lowest BCUT2D eigenvalue weighted by Gasteiger charge is -2.49. The summed E-state index contributed by atoms with van der Waals surface area (Å²) in [7, 11) is 0. The highest BCUT2D eigenvalue weighted by molar-refractivity contribution is 5.88. The third kappa shape index (κ3) is 2.95. The highest BCUT2D eigenvalue weighted by atomic mass is 19.1. The first-order valence-corrected chi connectivity index (χ1v) is 9.88. The van der Waals surface area contributed by atoms with Crippen LogP contribution in [-0.4, -0.2) is 62.6 Å². The number of phenolic OH excluding ortho intramolecular Hbond substituents is 1. The third-order valence-electron chi connectivity index (χ3n) is 6.03. The number of aromatic nitrogens is 3. The summed E-state index contributed by atoms with van der Waals surface area (Å²) in [6.07, 6.45) is 0.408. The van der Waals surface area contributed by atoms with Crippen LogP contribution in [0.4, 0.5) is 4.39 Å². The zero-order chi connectivity index (χ0) is 20.8. The number of nitrogens with one attached hydrogen (secondary N) is 1. The molecule has 4 heterocycles. The SMILES string of the molecule is C=CC(=O)N1C2COCC1C(F)C(c1cc3cc(-c4ccccc4O)nnc3[nH]1)C2. The Labute approximate surface area is 172 Å². The highest BCUT2D eigenvalue weighted by Gasteiger charge is 2.48. The van der Waals surface area contributed by atoms with E-state index in [2.05, 4.69) is 21.8 Å². The molecule has 2 aromatic heterocycles. The molecule has 2 aliphatic heterocycles. The normalized spacial score (nSPS) is 26.0. The van der Waals surface area contributed by atoms with Crippen LogP contribution in [0.1, 0.15) is 18.0 Å². The zero-order valence-electron chi connectivity index (χ0n) is 16.2. The fourth-order valence-electron chi connectivity index (χ4n) is 4.60. The number of aromatic hydroxyl groups is 1. The second kappa shape index (κ2) is 7.21. The summed E-state index contributed by atoms with van der Waals surface area (Å²) in [4.78, 5) is 17.0. The van der Waals surface area contributed by atoms with Crippen molar-refractivity contribution >= 4 is 16.9 Å². The number of ether oxygens (including phenoxy) is 1. The molecule has 0 saturated carbocycles. The van der Waals surface area contributed by atoms with Crippen LogP contribution in [0.15, 0.2) is 49.1 Å². The van der Waals surface area contributed by atoms with Gasteiger partial charge in [-0.1, -0.05) is 18.7 Å². The molecule has 30 heavy (non-hydrogen) atoms. The van der Waals surface area contributed by atoms with E-state index in [1.165, 1.54) is 6.08 Å². The Morgan fingerprint density at radius 2 is 2.13 bits per heavy atom. The van der Waals surface area contributed by atoms with E-state index in [0.717, 1.165) is 11.1 Å². The summed E-state index contributed by atoms with van der Waals surface area (Å²) < 4.78 is 21.0. The number of H-pyrrole nitrogens is 1. The van der Waals surface area contributed by atoms with E-state index in [-0.39, 0.29) is 24.3 Å². The predicted molar refractivity (Wildman–Crippen MR) is 109 cm³/mol. The van der Waals surface area contributed by atoms with Gasteiger partial charge in [0.05, 0.1) is 31.0 Å². The minimum atomic E-state index is -1.27. The number of para-hydroxylation sites is 1. The minimum Gasteiger partial charge on any atom is -0.507 e. The van der Waals surface area contributed by atoms with Gasteiger partial charge in [-0.3, -0.25) is 4.79 Å². The molecular weight excluding hydrogens is 387 g/mol. The molecule has 0 radical (unpaired) electrons. The average Bonchev–Trinajstić information content (AvgIpc) is 3.18. The molecule has 3 aromatic rings. The van der Waals surface area contributed by atoms with Crippen molar-refractivity contribution in [1.82, 2.24) is 20.1 Å². The number of piperidine rings is 1. The van der Waals surface area contributed by atoms with Gasteiger partial charge in [0.2, 0.25) is 5.91 Å². The monoisotopic (exact) mass is 408 g/mol. The van der Waals surface area contributed by atoms with Gasteiger partial charge in [0.15, 0.2) is 5.65 Å². The molecule has 154 valence electrons. The first kappa shape index (κ1) is 18.7. The minimum absolute atomic E-state index is 0.123. The molecule has 8 heteroatoms. The van der Waals surface area contributed by atoms with E-state index in [0.29, 0.717) is 29.9 Å². The van der Waals surface area contributed by atoms with E-state index in [9.17, 15) is 9.90 Å². The summed E-state index contributed by atoms with van der Waals surface area (Å²) >= 11 is 0. The number of amides is 1. The second-order valence-electron chi connectivity index (χ2n) is 7.77. The molecular formula is C22H21FN4O3. The first-order chi connectivity index (χ1) is 14.6. The quantitative estimate of drug-likeness (QED) is 0.651. The van der Waals surface area contributed by atoms with E-state index in [1.807, 2.05) is 18.2 Å². The molecule has 4 unspecified atom stereocenters. The van der Waals surface area contributed by atoms with E-state index < -0.39 is 18.1 Å². The van der Waals surface area contributed by atoms with Crippen LogP contribution in [0, 0.1) is 0 Å². The van der Waals surface area contributed by atoms with Gasteiger partial charge >= 0.3 is 0 Å². The Kier molecular flexibility index (Phi) is 4.51. The number of carbonyl (C=O) groups excluding carboxylic acids is 1. The molecule has 2 aliphatic rings. The van der Waals surface area contributed by atoms with Crippen molar-refractivity contribution in [3.63, 3.8) is 0 Å². The van der Waals surface area contributed by atoms with Crippen LogP contribution in [0.2, 0.25) is 0 Å². The highest BCUT2D eigenvalue weighted by Crippen LogP contribution is 2.40. The smallest absolute Gasteiger partial charge is 0.246 e. The molecule has 1 amide bonds. The van der Waals surface area contributed by atoms with Crippen molar-refractivity contribution in [1.29, 1.82) is 0 Å². The van der Waals surface area contributed by atoms with Gasteiger partial charge in [0, 0.05) is 22.6 Å². The molecule has 2 bridgehead atoms. The summed E-state index contributed by atoms with van der Waals surface area (Å²) in [6, 6.07) is 9.79. The topological polar surface area (TPSA) is 91.3 Å². The number of hydrogen-bond donors (Lipinski definition) is 2. The maximum atomic E-state index is 15.5. The second-order valence-corrected chi connectivity index (χ2v) is 7.77. The lowest BCUT2D eigenvalue weighted by atomic mass is 9.81. The number of rotatable bonds is 3. The van der Waals surface area contributed by atoms with Gasteiger partial charge in [-0.25, -0.2) is 4.39 Å². The number of hydrogen-bond acceptors (Lipinski definition) is 5. The Balaban J connectivity index is 1.49. The molecule has 2 N–H and O–H groups in total. The van der Waals surface area contributed by atoms with Crippen molar-refractivity contribution in [2.75, 3.05) is 13.2 Å². The number of aromatic amines is 1. The number of carbonyl (C=O) groups is 1. The summed E-state index contributed by atoms with van der Waals surface area (Å²) in [5, 5.41) is 19.3. The maximum Gasteiger partial charge on any atom is 0.246 e. The van der Waals surface area contributed by atoms with Gasteiger partial charge in [0.25, 0.3) is 0 Å². The molecule has 4 atom stereocenters. The number of morpholine rings is 1. The van der Waals surface area contributed by atoms with Gasteiger partial charge < -0.3 is 19.7 Å². The first-order valence-electron chi connectivity index (χ1n) is 9.88. The van der Waals surface area contributed by atoms with Crippen molar-refractivity contribution in [2.45, 2.75) is 30.6 Å². The number of nitrogens with zero attached hydrogens (tertiary/aromatic N) is 3. The Bertz CT molecular complexity index is 1130. The number of halogens is 1. The summed E-state index contributed by atoms with van der Waals surface area (Å²) in [6.45, 7) is 4.10. The molecule has 0 spiro atoms. The lowest BCUT2D eigenvalue weighted by Crippen LogP contribution is -2.63. The zero-order valence-corrected chi connectivity index (χ0v) is 16.2. The maximum absolute atomic E-state index is 15.5. The molecule has 1 aromatic carbocycles. The molecule has 0 aliphatic carbocycles. The standard InChI is InChI=1S/C22H21FN4O3/c1-2-20(29)27-13-9-15(21(23)18(27)11-30-10-13)16-7-12-8-17(25-26-22(12)24-16)14-5-3-4-6-19(14)28/h2-8,13,15,18,21,28H,1,9-11H2,(H,24,26). The van der Waals surface area contributed by atoms with Crippen LogP contribution in [-0.2, 0) is 9.53 Å². The fraction of sp³-hybridized carbons (Fsp3) is 0.318. The van der Waals surface area contributed by atoms with Gasteiger partial charge in [0.1, 0.15) is 11.9 Å². The Morgan fingerprint density at radius 1 is 1.30 bits per heavy atom. The Hall–Kier alpha value is -3.26. The van der Waals surface area contributed by atoms with Crippen molar-refractivity contribution in [3.8, 4) is 17.0 Å². The van der Waals surface area contributed by atoms with Crippen LogP contribution in [0.3, 0.4) is 0 Å². The number of alkyl halides is 1. The van der Waals surface area contributed by atoms with Crippen molar-refractivity contribution < 1.29 is 19.0 Å². The van der Waals surface area contributed by atoms with Gasteiger partial charge in [-0.05, 0) is 36.8 Å². The van der Waals surface area contributed by atoms with E-state index in [4.69, 9.17) is 4.74 Å². The van der Waals surface area contributed by atoms with Crippen LogP contribution < -0.4 is 0 Å². The fourth-order valence-corrected chi connectivity index (χ4v) is 4.60. The summed E-state index contributed by atoms with van der Waals surface area (Å²) in [5.74, 6) is -0.539. The van der Waals surface area contributed by atoms with Gasteiger partial charge in [-0.2, -0.15) is 0 Å². The van der Waals surface area contributed by atoms with E-state index in [1.54, 1.807) is 23.1 Å². The summed E-state index contributed by atoms with van der Waals surface area (Å²) in [5.41, 5.74) is 2.41. The number of phenols is 1. The Morgan fingerprint density at radius 3 is 2.93 bits per heavy atom. The van der Waals surface area contributed by atoms with E-state index >= 15 is 4.39 Å². The van der Waals surface area contributed by atoms with Crippen LogP contribution >= 0.6 is 0 Å². The molecule has 5 rings (SSSR count). The molecule has 7 nitrogen and oxygen atoms in total. The number of benzene rings is 1. The largest absolute Gasteiger partial charge is 0.507 e. The molecule has 2 saturated heterocycles. The van der Waals surface area contributed by atoms with Crippen LogP contribution in [0.5, 0.6) is 5.75 Å². The van der Waals surface area contributed by atoms with Crippen molar-refractivity contribution in [2.24, 2.45) is 0 Å². The van der Waals surface area contributed by atoms with Gasteiger partial charge in [-0.15, -0.1) is 10.2 Å². The average molecular weight is 408 g/mol. The van der Waals surface area contributed by atoms with Crippen molar-refractivity contribution in [3.05, 3.63) is 54.7 Å². The third-order valence-corrected chi connectivity index (χ3v) is 6.03. The number of fused-ring (bicyclic) bond motifs is 3. The lowest BCUT2D eigenvalue weighted by molar-refractivity contribution is -0.154. The predicted octanol–water partition coefficient (Wildman–Crippen LogP) is 2.94. The van der Waals surface area contributed by atoms with Crippen LogP contribution in [0.25, 0.3) is 22.3 Å². The molecule has 2 fully saturated rings.